The third-order valence-electron chi connectivity index (χ3n) is 3.68. The molecule has 0 aliphatic heterocycles. The van der Waals surface area contributed by atoms with Gasteiger partial charge in [-0.25, -0.2) is 0 Å². The maximum absolute atomic E-state index is 12.8. The van der Waals surface area contributed by atoms with Crippen LogP contribution in [-0.4, -0.2) is 15.8 Å². The Bertz CT molecular complexity index is 788. The number of hydrogen-bond donors (Lipinski definition) is 0. The number of hydrogen-bond acceptors (Lipinski definition) is 3. The van der Waals surface area contributed by atoms with E-state index in [1.54, 1.807) is 29.6 Å². The lowest BCUT2D eigenvalue weighted by molar-refractivity contribution is -0.132. The molecule has 0 aliphatic carbocycles. The fourth-order valence-electron chi connectivity index (χ4n) is 2.45. The van der Waals surface area contributed by atoms with Crippen LogP contribution in [0.1, 0.15) is 16.9 Å². The summed E-state index contributed by atoms with van der Waals surface area (Å²) in [6.45, 7) is 0.878. The van der Waals surface area contributed by atoms with E-state index in [0.717, 1.165) is 16.9 Å². The van der Waals surface area contributed by atoms with Crippen molar-refractivity contribution in [3.05, 3.63) is 89.1 Å². The zero-order chi connectivity index (χ0) is 16.8. The zero-order valence-corrected chi connectivity index (χ0v) is 13.8. The second-order valence-electron chi connectivity index (χ2n) is 5.46. The molecule has 5 heteroatoms. The van der Waals surface area contributed by atoms with Crippen LogP contribution >= 0.6 is 11.6 Å². The molecule has 0 spiro atoms. The quantitative estimate of drug-likeness (QED) is 0.678. The third-order valence-corrected chi connectivity index (χ3v) is 4.04. The Morgan fingerprint density at radius 2 is 1.96 bits per heavy atom. The van der Waals surface area contributed by atoms with Crippen LogP contribution in [0.5, 0.6) is 0 Å². The maximum atomic E-state index is 12.8. The Hall–Kier alpha value is -2.59. The highest BCUT2D eigenvalue weighted by atomic mass is 35.5. The lowest BCUT2D eigenvalue weighted by atomic mass is 10.1. The molecule has 122 valence electrons. The van der Waals surface area contributed by atoms with Crippen molar-refractivity contribution in [3.63, 3.8) is 0 Å². The van der Waals surface area contributed by atoms with Crippen molar-refractivity contribution in [2.24, 2.45) is 0 Å². The molecule has 0 N–H and O–H groups in total. The minimum atomic E-state index is -0.0108. The zero-order valence-electron chi connectivity index (χ0n) is 13.1. The molecule has 0 bridgehead atoms. The van der Waals surface area contributed by atoms with Gasteiger partial charge in [-0.3, -0.25) is 9.78 Å². The second-order valence-corrected chi connectivity index (χ2v) is 5.87. The summed E-state index contributed by atoms with van der Waals surface area (Å²) in [5.74, 6) is 0.731. The summed E-state index contributed by atoms with van der Waals surface area (Å²) in [6.07, 6.45) is 5.33. The Kier molecular flexibility index (Phi) is 5.29. The molecule has 0 unspecified atom stereocenters. The van der Waals surface area contributed by atoms with Gasteiger partial charge in [0.2, 0.25) is 5.91 Å². The monoisotopic (exact) mass is 340 g/mol. The van der Waals surface area contributed by atoms with Crippen LogP contribution in [-0.2, 0) is 24.3 Å². The SMILES string of the molecule is O=C(Cc1ccccc1Cl)N(Cc1cccnc1)Cc1ccco1. The van der Waals surface area contributed by atoms with Crippen molar-refractivity contribution in [2.75, 3.05) is 0 Å². The highest BCUT2D eigenvalue weighted by Crippen LogP contribution is 2.18. The van der Waals surface area contributed by atoms with Crippen molar-refractivity contribution in [1.29, 1.82) is 0 Å². The van der Waals surface area contributed by atoms with Gasteiger partial charge in [-0.2, -0.15) is 0 Å². The summed E-state index contributed by atoms with van der Waals surface area (Å²) < 4.78 is 5.39. The van der Waals surface area contributed by atoms with Crippen molar-refractivity contribution in [1.82, 2.24) is 9.88 Å². The predicted molar refractivity (Wildman–Crippen MR) is 92.4 cm³/mol. The summed E-state index contributed by atoms with van der Waals surface area (Å²) >= 11 is 6.18. The van der Waals surface area contributed by atoms with Crippen LogP contribution in [0.3, 0.4) is 0 Å². The first-order valence-corrected chi connectivity index (χ1v) is 8.02. The van der Waals surface area contributed by atoms with Crippen molar-refractivity contribution in [3.8, 4) is 0 Å². The first-order chi connectivity index (χ1) is 11.7. The minimum Gasteiger partial charge on any atom is -0.467 e. The summed E-state index contributed by atoms with van der Waals surface area (Å²) in [6, 6.07) is 14.9. The van der Waals surface area contributed by atoms with Gasteiger partial charge in [0, 0.05) is 24.0 Å². The Balaban J connectivity index is 1.77. The van der Waals surface area contributed by atoms with Crippen LogP contribution in [0.2, 0.25) is 5.02 Å². The molecule has 3 aromatic rings. The van der Waals surface area contributed by atoms with Crippen LogP contribution in [0, 0.1) is 0 Å². The van der Waals surface area contributed by atoms with Crippen molar-refractivity contribution < 1.29 is 9.21 Å². The van der Waals surface area contributed by atoms with Crippen LogP contribution in [0.15, 0.2) is 71.6 Å². The predicted octanol–water partition coefficient (Wildman–Crippen LogP) is 4.10. The number of rotatable bonds is 6. The Morgan fingerprint density at radius 3 is 2.67 bits per heavy atom. The van der Waals surface area contributed by atoms with E-state index >= 15 is 0 Å². The molecule has 0 saturated carbocycles. The second kappa shape index (κ2) is 7.79. The van der Waals surface area contributed by atoms with E-state index in [1.807, 2.05) is 42.5 Å². The smallest absolute Gasteiger partial charge is 0.227 e. The molecule has 2 aromatic heterocycles. The van der Waals surface area contributed by atoms with E-state index in [-0.39, 0.29) is 12.3 Å². The van der Waals surface area contributed by atoms with E-state index in [4.69, 9.17) is 16.0 Å². The van der Waals surface area contributed by atoms with E-state index in [1.165, 1.54) is 0 Å². The number of halogens is 1. The van der Waals surface area contributed by atoms with Crippen LogP contribution in [0.4, 0.5) is 0 Å². The topological polar surface area (TPSA) is 46.3 Å². The number of furan rings is 1. The van der Waals surface area contributed by atoms with Gasteiger partial charge in [-0.15, -0.1) is 0 Å². The molecular formula is C19H17ClN2O2. The number of nitrogens with zero attached hydrogens (tertiary/aromatic N) is 2. The minimum absolute atomic E-state index is 0.0108. The lowest BCUT2D eigenvalue weighted by Crippen LogP contribution is -2.31. The Labute approximate surface area is 145 Å². The molecule has 0 atom stereocenters. The number of carbonyl (C=O) groups is 1. The van der Waals surface area contributed by atoms with Gasteiger partial charge in [0.05, 0.1) is 19.2 Å². The highest BCUT2D eigenvalue weighted by molar-refractivity contribution is 6.31. The number of aromatic nitrogens is 1. The molecule has 0 saturated heterocycles. The molecule has 1 amide bonds. The number of amides is 1. The maximum Gasteiger partial charge on any atom is 0.227 e. The van der Waals surface area contributed by atoms with Gasteiger partial charge in [0.15, 0.2) is 0 Å². The number of benzene rings is 1. The van der Waals surface area contributed by atoms with Gasteiger partial charge in [-0.1, -0.05) is 35.9 Å². The molecule has 4 nitrogen and oxygen atoms in total. The van der Waals surface area contributed by atoms with Crippen molar-refractivity contribution in [2.45, 2.75) is 19.5 Å². The molecule has 0 radical (unpaired) electrons. The van der Waals surface area contributed by atoms with Gasteiger partial charge in [-0.05, 0) is 35.4 Å². The first kappa shape index (κ1) is 16.3. The normalized spacial score (nSPS) is 10.5. The Morgan fingerprint density at radius 1 is 1.08 bits per heavy atom. The van der Waals surface area contributed by atoms with Crippen molar-refractivity contribution >= 4 is 17.5 Å². The highest BCUT2D eigenvalue weighted by Gasteiger charge is 2.17. The fourth-order valence-corrected chi connectivity index (χ4v) is 2.65. The van der Waals surface area contributed by atoms with E-state index in [0.29, 0.717) is 18.1 Å². The molecular weight excluding hydrogens is 324 g/mol. The largest absolute Gasteiger partial charge is 0.467 e. The average molecular weight is 341 g/mol. The molecule has 0 aliphatic rings. The van der Waals surface area contributed by atoms with Gasteiger partial charge in [0.1, 0.15) is 5.76 Å². The van der Waals surface area contributed by atoms with Gasteiger partial charge in [0.25, 0.3) is 0 Å². The average Bonchev–Trinajstić information content (AvgIpc) is 3.10. The molecule has 2 heterocycles. The molecule has 0 fully saturated rings. The van der Waals surface area contributed by atoms with Crippen LogP contribution in [0.25, 0.3) is 0 Å². The standard InChI is InChI=1S/C19H17ClN2O2/c20-18-8-2-1-6-16(18)11-19(23)22(14-17-7-4-10-24-17)13-15-5-3-9-21-12-15/h1-10,12H,11,13-14H2. The van der Waals surface area contributed by atoms with E-state index in [9.17, 15) is 4.79 Å². The van der Waals surface area contributed by atoms with Gasteiger partial charge >= 0.3 is 0 Å². The van der Waals surface area contributed by atoms with Gasteiger partial charge < -0.3 is 9.32 Å². The molecule has 1 aromatic carbocycles. The fraction of sp³-hybridized carbons (Fsp3) is 0.158. The number of pyridine rings is 1. The van der Waals surface area contributed by atoms with Crippen LogP contribution < -0.4 is 0 Å². The third kappa shape index (κ3) is 4.24. The van der Waals surface area contributed by atoms with E-state index in [2.05, 4.69) is 4.98 Å². The number of carbonyl (C=O) groups excluding carboxylic acids is 1. The molecule has 24 heavy (non-hydrogen) atoms. The summed E-state index contributed by atoms with van der Waals surface area (Å²) in [7, 11) is 0. The van der Waals surface area contributed by atoms with E-state index < -0.39 is 0 Å². The first-order valence-electron chi connectivity index (χ1n) is 7.65. The summed E-state index contributed by atoms with van der Waals surface area (Å²) in [4.78, 5) is 18.7. The lowest BCUT2D eigenvalue weighted by Gasteiger charge is -2.22. The molecule has 3 rings (SSSR count). The summed E-state index contributed by atoms with van der Waals surface area (Å²) in [5.41, 5.74) is 1.79. The summed E-state index contributed by atoms with van der Waals surface area (Å²) in [5, 5.41) is 0.602.